The van der Waals surface area contributed by atoms with Crippen molar-refractivity contribution in [3.8, 4) is 5.75 Å². The van der Waals surface area contributed by atoms with Gasteiger partial charge in [-0.1, -0.05) is 32.0 Å². The number of carbonyl (C=O) groups is 2. The highest BCUT2D eigenvalue weighted by Crippen LogP contribution is 2.62. The second kappa shape index (κ2) is 6.59. The summed E-state index contributed by atoms with van der Waals surface area (Å²) in [6.07, 6.45) is 2.83. The Bertz CT molecular complexity index is 965. The Balaban J connectivity index is 1.84. The smallest absolute Gasteiger partial charge is 0.306 e. The first-order chi connectivity index (χ1) is 13.4. The molecule has 1 saturated carbocycles. The summed E-state index contributed by atoms with van der Waals surface area (Å²) in [7, 11) is 0. The van der Waals surface area contributed by atoms with Gasteiger partial charge in [-0.25, -0.2) is 0 Å². The number of esters is 1. The number of aromatic hydroxyl groups is 1. The molecule has 148 valence electrons. The Morgan fingerprint density at radius 1 is 1.21 bits per heavy atom. The minimum Gasteiger partial charge on any atom is -0.508 e. The molecule has 0 amide bonds. The van der Waals surface area contributed by atoms with Crippen LogP contribution in [0.3, 0.4) is 0 Å². The molecule has 4 rings (SSSR count). The van der Waals surface area contributed by atoms with E-state index in [9.17, 15) is 19.8 Å². The zero-order chi connectivity index (χ0) is 20.1. The van der Waals surface area contributed by atoms with Crippen LogP contribution in [0.5, 0.6) is 5.75 Å². The molecule has 2 aliphatic rings. The Morgan fingerprint density at radius 2 is 2.00 bits per heavy atom. The lowest BCUT2D eigenvalue weighted by molar-refractivity contribution is -0.182. The number of phenolic OH excluding ortho intramolecular Hbond substituents is 1. The topological polar surface area (TPSA) is 83.8 Å². The van der Waals surface area contributed by atoms with E-state index in [-0.39, 0.29) is 18.1 Å². The molecule has 2 aromatic rings. The standard InChI is InChI=1S/C23H26O5/c1-3-21(27)28-23(20(26)13-24)11-9-19-18-6-4-14-12-15(25)5-7-16(14)17(18)8-10-22(19,23)2/h4-7,12,19,24-25H,3,8-11,13H2,1-2H3/t19-,22-,23+/m0/s1. The van der Waals surface area contributed by atoms with Crippen molar-refractivity contribution < 1.29 is 24.5 Å². The van der Waals surface area contributed by atoms with Crippen LogP contribution in [0.25, 0.3) is 10.8 Å². The van der Waals surface area contributed by atoms with Gasteiger partial charge in [-0.2, -0.15) is 0 Å². The number of aliphatic hydroxyl groups is 1. The third-order valence-electron chi connectivity index (χ3n) is 7.07. The second-order valence-corrected chi connectivity index (χ2v) is 8.28. The van der Waals surface area contributed by atoms with Crippen molar-refractivity contribution in [3.05, 3.63) is 41.5 Å². The number of aryl methyl sites for hydroxylation is 1. The van der Waals surface area contributed by atoms with Crippen LogP contribution in [0.15, 0.2) is 30.3 Å². The zero-order valence-electron chi connectivity index (χ0n) is 16.3. The average molecular weight is 382 g/mol. The van der Waals surface area contributed by atoms with Gasteiger partial charge >= 0.3 is 5.97 Å². The SMILES string of the molecule is CCC(=O)O[C@@]1(C(=O)CO)CC[C@H]2c3ccc4cc(O)ccc4c3CC[C@@]21C. The lowest BCUT2D eigenvalue weighted by Gasteiger charge is -2.47. The monoisotopic (exact) mass is 382 g/mol. The van der Waals surface area contributed by atoms with Gasteiger partial charge in [-0.3, -0.25) is 9.59 Å². The zero-order valence-corrected chi connectivity index (χ0v) is 16.3. The Hall–Kier alpha value is -2.40. The van der Waals surface area contributed by atoms with E-state index >= 15 is 0 Å². The van der Waals surface area contributed by atoms with Crippen molar-refractivity contribution in [1.82, 2.24) is 0 Å². The maximum atomic E-state index is 12.9. The molecule has 2 N–H and O–H groups in total. The van der Waals surface area contributed by atoms with Crippen LogP contribution in [0.4, 0.5) is 0 Å². The van der Waals surface area contributed by atoms with E-state index < -0.39 is 29.4 Å². The summed E-state index contributed by atoms with van der Waals surface area (Å²) >= 11 is 0. The molecule has 0 radical (unpaired) electrons. The van der Waals surface area contributed by atoms with Gasteiger partial charge in [-0.15, -0.1) is 0 Å². The van der Waals surface area contributed by atoms with Crippen molar-refractivity contribution in [3.63, 3.8) is 0 Å². The number of fused-ring (bicyclic) bond motifs is 5. The molecule has 0 aliphatic heterocycles. The molecule has 2 aliphatic carbocycles. The fourth-order valence-corrected chi connectivity index (χ4v) is 5.57. The maximum Gasteiger partial charge on any atom is 0.306 e. The molecule has 1 fully saturated rings. The molecule has 5 heteroatoms. The fourth-order valence-electron chi connectivity index (χ4n) is 5.57. The number of aliphatic hydroxyl groups excluding tert-OH is 1. The lowest BCUT2D eigenvalue weighted by Crippen LogP contribution is -2.56. The van der Waals surface area contributed by atoms with Gasteiger partial charge in [0.2, 0.25) is 5.78 Å². The van der Waals surface area contributed by atoms with Crippen LogP contribution in [0, 0.1) is 5.41 Å². The third-order valence-corrected chi connectivity index (χ3v) is 7.07. The quantitative estimate of drug-likeness (QED) is 0.789. The van der Waals surface area contributed by atoms with E-state index in [0.29, 0.717) is 12.8 Å². The number of ether oxygens (including phenoxy) is 1. The number of rotatable bonds is 4. The summed E-state index contributed by atoms with van der Waals surface area (Å²) in [6, 6.07) is 9.50. The summed E-state index contributed by atoms with van der Waals surface area (Å²) in [5.41, 5.74) is 0.622. The van der Waals surface area contributed by atoms with Crippen molar-refractivity contribution >= 4 is 22.5 Å². The van der Waals surface area contributed by atoms with E-state index in [2.05, 4.69) is 6.07 Å². The first-order valence-electron chi connectivity index (χ1n) is 9.97. The number of hydrogen-bond donors (Lipinski definition) is 2. The predicted molar refractivity (Wildman–Crippen MR) is 105 cm³/mol. The number of hydrogen-bond acceptors (Lipinski definition) is 5. The van der Waals surface area contributed by atoms with Gasteiger partial charge in [0.1, 0.15) is 12.4 Å². The molecule has 0 unspecified atom stereocenters. The first-order valence-corrected chi connectivity index (χ1v) is 9.97. The number of carbonyl (C=O) groups excluding carboxylic acids is 2. The molecule has 0 heterocycles. The van der Waals surface area contributed by atoms with E-state index in [1.54, 1.807) is 19.1 Å². The molecule has 2 aromatic carbocycles. The Kier molecular flexibility index (Phi) is 4.46. The van der Waals surface area contributed by atoms with E-state index in [1.165, 1.54) is 11.1 Å². The highest BCUT2D eigenvalue weighted by molar-refractivity contribution is 5.93. The van der Waals surface area contributed by atoms with Crippen LogP contribution < -0.4 is 0 Å². The minimum atomic E-state index is -1.26. The third kappa shape index (κ3) is 2.49. The molecule has 3 atom stereocenters. The molecule has 0 spiro atoms. The maximum absolute atomic E-state index is 12.9. The normalized spacial score (nSPS) is 28.6. The first kappa shape index (κ1) is 18.9. The Labute approximate surface area is 164 Å². The van der Waals surface area contributed by atoms with Gasteiger partial charge < -0.3 is 14.9 Å². The van der Waals surface area contributed by atoms with E-state index in [0.717, 1.165) is 23.6 Å². The van der Waals surface area contributed by atoms with Gasteiger partial charge in [0.05, 0.1) is 0 Å². The van der Waals surface area contributed by atoms with Crippen molar-refractivity contribution in [2.24, 2.45) is 5.41 Å². The van der Waals surface area contributed by atoms with Gasteiger partial charge in [0.25, 0.3) is 0 Å². The largest absolute Gasteiger partial charge is 0.508 e. The minimum absolute atomic E-state index is 0.0783. The van der Waals surface area contributed by atoms with Crippen molar-refractivity contribution in [2.45, 2.75) is 57.5 Å². The van der Waals surface area contributed by atoms with E-state index in [1.807, 2.05) is 19.1 Å². The molecular formula is C23H26O5. The molecule has 28 heavy (non-hydrogen) atoms. The molecule has 0 saturated heterocycles. The fraction of sp³-hybridized carbons (Fsp3) is 0.478. The van der Waals surface area contributed by atoms with Crippen LogP contribution in [-0.4, -0.2) is 34.2 Å². The molecule has 5 nitrogen and oxygen atoms in total. The lowest BCUT2D eigenvalue weighted by atomic mass is 9.60. The summed E-state index contributed by atoms with van der Waals surface area (Å²) in [4.78, 5) is 25.0. The Morgan fingerprint density at radius 3 is 2.71 bits per heavy atom. The van der Waals surface area contributed by atoms with Gasteiger partial charge in [-0.05, 0) is 65.6 Å². The van der Waals surface area contributed by atoms with Crippen molar-refractivity contribution in [2.75, 3.05) is 6.61 Å². The highest BCUT2D eigenvalue weighted by atomic mass is 16.6. The van der Waals surface area contributed by atoms with Gasteiger partial charge in [0, 0.05) is 11.8 Å². The predicted octanol–water partition coefficient (Wildman–Crippen LogP) is 3.63. The summed E-state index contributed by atoms with van der Waals surface area (Å²) in [5.74, 6) is -0.473. The number of Topliss-reactive ketones (excluding diaryl/α,β-unsaturated/α-hetero) is 1. The van der Waals surface area contributed by atoms with Crippen molar-refractivity contribution in [1.29, 1.82) is 0 Å². The van der Waals surface area contributed by atoms with E-state index in [4.69, 9.17) is 4.74 Å². The summed E-state index contributed by atoms with van der Waals surface area (Å²) in [6.45, 7) is 3.13. The van der Waals surface area contributed by atoms with Crippen LogP contribution in [-0.2, 0) is 20.7 Å². The number of phenols is 1. The molecule has 0 bridgehead atoms. The highest BCUT2D eigenvalue weighted by Gasteiger charge is 2.64. The van der Waals surface area contributed by atoms with Gasteiger partial charge in [0.15, 0.2) is 5.60 Å². The number of benzene rings is 2. The molecular weight excluding hydrogens is 356 g/mol. The number of ketones is 1. The van der Waals surface area contributed by atoms with Crippen LogP contribution in [0.2, 0.25) is 0 Å². The van der Waals surface area contributed by atoms with Crippen LogP contribution >= 0.6 is 0 Å². The second-order valence-electron chi connectivity index (χ2n) is 8.28. The average Bonchev–Trinajstić information content (AvgIpc) is 3.00. The summed E-state index contributed by atoms with van der Waals surface area (Å²) in [5, 5.41) is 21.5. The summed E-state index contributed by atoms with van der Waals surface area (Å²) < 4.78 is 5.81. The van der Waals surface area contributed by atoms with Crippen LogP contribution in [0.1, 0.15) is 56.6 Å². The molecule has 0 aromatic heterocycles.